The van der Waals surface area contributed by atoms with Gasteiger partial charge in [-0.2, -0.15) is 0 Å². The van der Waals surface area contributed by atoms with Crippen LogP contribution in [-0.4, -0.2) is 22.7 Å². The molecule has 0 bridgehead atoms. The van der Waals surface area contributed by atoms with Gasteiger partial charge in [-0.3, -0.25) is 5.09 Å². The highest BCUT2D eigenvalue weighted by Gasteiger charge is 2.35. The fourth-order valence-electron chi connectivity index (χ4n) is 7.95. The van der Waals surface area contributed by atoms with Gasteiger partial charge in [0.1, 0.15) is 0 Å². The summed E-state index contributed by atoms with van der Waals surface area (Å²) in [6, 6.07) is 40.3. The monoisotopic (exact) mass is 701 g/mol. The second-order valence-corrected chi connectivity index (χ2v) is 26.1. The van der Waals surface area contributed by atoms with Crippen LogP contribution in [0.15, 0.2) is 78.9 Å². The molecule has 0 fully saturated rings. The second-order valence-electron chi connectivity index (χ2n) is 14.8. The van der Waals surface area contributed by atoms with Crippen molar-refractivity contribution in [3.63, 3.8) is 0 Å². The number of rotatable bonds is 26. The molecule has 0 aromatic heterocycles. The number of hydrogen-bond acceptors (Lipinski definition) is 1. The Kier molecular flexibility index (Phi) is 19.6. The average molecular weight is 702 g/mol. The van der Waals surface area contributed by atoms with Crippen LogP contribution in [0.3, 0.4) is 0 Å². The van der Waals surface area contributed by atoms with Gasteiger partial charge in [0.25, 0.3) is 0 Å². The second kappa shape index (κ2) is 23.1. The van der Waals surface area contributed by atoms with Gasteiger partial charge in [-0.25, -0.2) is 0 Å². The molecule has 0 saturated carbocycles. The molecule has 3 aromatic carbocycles. The van der Waals surface area contributed by atoms with Crippen LogP contribution in [0.4, 0.5) is 0 Å². The van der Waals surface area contributed by atoms with E-state index < -0.39 is 24.2 Å². The maximum absolute atomic E-state index is 4.21. The largest absolute Gasteiger partial charge is 0.288 e. The van der Waals surface area contributed by atoms with Gasteiger partial charge in [-0.15, -0.1) is 0 Å². The Labute approximate surface area is 301 Å². The van der Waals surface area contributed by atoms with E-state index in [0.717, 1.165) is 13.0 Å². The summed E-state index contributed by atoms with van der Waals surface area (Å²) in [7, 11) is -3.84. The summed E-state index contributed by atoms with van der Waals surface area (Å²) >= 11 is 0. The molecule has 0 saturated heterocycles. The number of hydrogen-bond donors (Lipinski definition) is 1. The van der Waals surface area contributed by atoms with Gasteiger partial charge in [0, 0.05) is 14.6 Å². The van der Waals surface area contributed by atoms with E-state index in [9.17, 15) is 0 Å². The topological polar surface area (TPSA) is 12.0 Å². The highest BCUT2D eigenvalue weighted by molar-refractivity contribution is 7.71. The van der Waals surface area contributed by atoms with Gasteiger partial charge in [-0.05, 0) is 22.6 Å². The highest BCUT2D eigenvalue weighted by atomic mass is 31.1. The smallest absolute Gasteiger partial charge is 0.0867 e. The zero-order valence-corrected chi connectivity index (χ0v) is 35.0. The summed E-state index contributed by atoms with van der Waals surface area (Å²) in [5, 5.41) is 10.8. The number of benzene rings is 3. The first-order valence-electron chi connectivity index (χ1n) is 20.3. The lowest BCUT2D eigenvalue weighted by Gasteiger charge is -2.35. The maximum Gasteiger partial charge on any atom is 0.0867 e. The molecule has 1 N–H and O–H groups in total. The van der Waals surface area contributed by atoms with E-state index in [1.54, 1.807) is 21.0 Å². The zero-order valence-electron chi connectivity index (χ0n) is 32.1. The molecule has 0 atom stereocenters. The average Bonchev–Trinajstić information content (AvgIpc) is 3.13. The van der Waals surface area contributed by atoms with Crippen LogP contribution >= 0.6 is 8.07 Å². The van der Waals surface area contributed by atoms with Crippen molar-refractivity contribution < 1.29 is 0 Å². The van der Waals surface area contributed by atoms with Gasteiger partial charge in [0.15, 0.2) is 0 Å². The number of nitrogens with one attached hydrogen (secondary N) is 1. The summed E-state index contributed by atoms with van der Waals surface area (Å²) < 4.78 is 0. The van der Waals surface area contributed by atoms with Crippen LogP contribution in [0.5, 0.6) is 0 Å². The van der Waals surface area contributed by atoms with Crippen LogP contribution in [0.2, 0.25) is 36.3 Å². The first-order valence-corrected chi connectivity index (χ1v) is 26.9. The van der Waals surface area contributed by atoms with Crippen molar-refractivity contribution in [2.24, 2.45) is 0 Å². The van der Waals surface area contributed by atoms with E-state index in [0.29, 0.717) is 0 Å². The molecule has 4 heteroatoms. The third-order valence-corrected chi connectivity index (χ3v) is 24.1. The summed E-state index contributed by atoms with van der Waals surface area (Å²) in [5.41, 5.74) is 1.43. The zero-order chi connectivity index (χ0) is 34.5. The minimum atomic E-state index is -1.59. The fraction of sp³-hybridized carbons (Fsp3) is 0.591. The Balaban J connectivity index is 2.12. The molecule has 0 unspecified atom stereocenters. The first kappa shape index (κ1) is 40.9. The predicted molar refractivity (Wildman–Crippen MR) is 226 cm³/mol. The molecule has 1 nitrogen and oxygen atoms in total. The van der Waals surface area contributed by atoms with E-state index in [2.05, 4.69) is 125 Å². The first-order chi connectivity index (χ1) is 23.5. The Morgan fingerprint density at radius 3 is 1.19 bits per heavy atom. The lowest BCUT2D eigenvalue weighted by Crippen LogP contribution is -2.49. The minimum absolute atomic E-state index is 0.657. The summed E-state index contributed by atoms with van der Waals surface area (Å²) in [6.07, 6.45) is 17.3. The quantitative estimate of drug-likeness (QED) is 0.0649. The van der Waals surface area contributed by atoms with Gasteiger partial charge in [0.05, 0.1) is 16.1 Å². The summed E-state index contributed by atoms with van der Waals surface area (Å²) in [4.78, 5) is 0. The Morgan fingerprint density at radius 1 is 0.458 bits per heavy atom. The van der Waals surface area contributed by atoms with Crippen LogP contribution in [0.1, 0.15) is 124 Å². The summed E-state index contributed by atoms with van der Waals surface area (Å²) in [5.74, 6) is 0. The van der Waals surface area contributed by atoms with Crippen molar-refractivity contribution >= 4 is 45.2 Å². The minimum Gasteiger partial charge on any atom is -0.288 e. The van der Waals surface area contributed by atoms with Crippen LogP contribution < -0.4 is 26.1 Å². The molecule has 0 amide bonds. The van der Waals surface area contributed by atoms with E-state index in [4.69, 9.17) is 0 Å². The maximum atomic E-state index is 4.21. The molecule has 48 heavy (non-hydrogen) atoms. The van der Waals surface area contributed by atoms with Crippen molar-refractivity contribution in [3.05, 3.63) is 84.4 Å². The molecule has 0 aliphatic heterocycles. The van der Waals surface area contributed by atoms with E-state index >= 15 is 0 Å². The molecule has 3 aromatic rings. The predicted octanol–water partition coefficient (Wildman–Crippen LogP) is 12.0. The Morgan fingerprint density at radius 2 is 0.833 bits per heavy atom. The third kappa shape index (κ3) is 12.4. The van der Waals surface area contributed by atoms with Crippen molar-refractivity contribution in [3.8, 4) is 0 Å². The van der Waals surface area contributed by atoms with Gasteiger partial charge < -0.3 is 0 Å². The van der Waals surface area contributed by atoms with E-state index in [1.807, 2.05) is 0 Å². The van der Waals surface area contributed by atoms with Crippen molar-refractivity contribution in [1.29, 1.82) is 0 Å². The molecule has 0 spiro atoms. The SMILES string of the molecule is CCCC[Si](CCCC)(CCCC)c1cccc(P(NCCc2ccccc2)c2cccc([Si](CCCC)(CCCC)CCCC)c2)c1. The molecule has 0 aliphatic rings. The standard InChI is InChI=1S/C44H72NPSi2/c1-7-13-32-47(33-14-8-2,34-15-9-3)43-28-22-26-41(38-43)46(45-31-30-40-24-20-19-21-25-40)42-27-23-29-44(39-42)48(35-16-10-4,36-17-11-5)37-18-12-6/h19-29,38-39,45H,7-18,30-37H2,1-6H3. The fourth-order valence-corrected chi connectivity index (χ4v) is 21.4. The molecule has 0 radical (unpaired) electrons. The molecule has 3 rings (SSSR count). The van der Waals surface area contributed by atoms with Gasteiger partial charge in [0.2, 0.25) is 0 Å². The Hall–Kier alpha value is -1.52. The molecular weight excluding hydrogens is 630 g/mol. The molecule has 266 valence electrons. The summed E-state index contributed by atoms with van der Waals surface area (Å²) in [6.45, 7) is 15.4. The molecule has 0 aliphatic carbocycles. The Bertz CT molecular complexity index is 1140. The molecular formula is C44H72NPSi2. The van der Waals surface area contributed by atoms with E-state index in [-0.39, 0.29) is 0 Å². The van der Waals surface area contributed by atoms with Crippen molar-refractivity contribution in [2.45, 2.75) is 161 Å². The van der Waals surface area contributed by atoms with Crippen molar-refractivity contribution in [2.75, 3.05) is 6.54 Å². The van der Waals surface area contributed by atoms with E-state index in [1.165, 1.54) is 119 Å². The van der Waals surface area contributed by atoms with Crippen molar-refractivity contribution in [1.82, 2.24) is 5.09 Å². The number of unbranched alkanes of at least 4 members (excludes halogenated alkanes) is 6. The van der Waals surface area contributed by atoms with Gasteiger partial charge in [-0.1, -0.05) is 244 Å². The van der Waals surface area contributed by atoms with Gasteiger partial charge >= 0.3 is 0 Å². The molecule has 0 heterocycles. The lowest BCUT2D eigenvalue weighted by atomic mass is 10.2. The highest BCUT2D eigenvalue weighted by Crippen LogP contribution is 2.33. The van der Waals surface area contributed by atoms with Crippen LogP contribution in [0.25, 0.3) is 0 Å². The normalized spacial score (nSPS) is 12.2. The van der Waals surface area contributed by atoms with Crippen LogP contribution in [-0.2, 0) is 6.42 Å². The lowest BCUT2D eigenvalue weighted by molar-refractivity contribution is 0.800. The third-order valence-electron chi connectivity index (χ3n) is 11.0. The van der Waals surface area contributed by atoms with Crippen LogP contribution in [0, 0.1) is 0 Å².